The van der Waals surface area contributed by atoms with Crippen LogP contribution in [0.25, 0.3) is 0 Å². The first-order valence-corrected chi connectivity index (χ1v) is 5.44. The van der Waals surface area contributed by atoms with Crippen molar-refractivity contribution in [2.75, 3.05) is 5.32 Å². The summed E-state index contributed by atoms with van der Waals surface area (Å²) in [4.78, 5) is 11.5. The molecular weight excluding hydrogens is 212 g/mol. The number of hydrogen-bond acceptors (Lipinski definition) is 1. The van der Waals surface area contributed by atoms with Crippen LogP contribution >= 0.6 is 11.6 Å². The normalized spacial score (nSPS) is 24.1. The minimum absolute atomic E-state index is 0.158. The van der Waals surface area contributed by atoms with E-state index in [0.29, 0.717) is 0 Å². The van der Waals surface area contributed by atoms with Crippen LogP contribution in [0.2, 0.25) is 0 Å². The Labute approximate surface area is 93.8 Å². The Hall–Kier alpha value is -1.22. The molecule has 0 heterocycles. The van der Waals surface area contributed by atoms with Gasteiger partial charge in [0.1, 0.15) is 0 Å². The minimum Gasteiger partial charge on any atom is -0.335 e. The molecule has 2 amide bonds. The summed E-state index contributed by atoms with van der Waals surface area (Å²) < 4.78 is 0. The lowest BCUT2D eigenvalue weighted by Crippen LogP contribution is -2.46. The Morgan fingerprint density at radius 3 is 2.53 bits per heavy atom. The van der Waals surface area contributed by atoms with Gasteiger partial charge in [-0.1, -0.05) is 18.2 Å². The Kier molecular flexibility index (Phi) is 3.11. The Bertz CT molecular complexity index is 336. The van der Waals surface area contributed by atoms with Gasteiger partial charge in [0, 0.05) is 17.1 Å². The van der Waals surface area contributed by atoms with Gasteiger partial charge in [-0.25, -0.2) is 4.79 Å². The van der Waals surface area contributed by atoms with Crippen LogP contribution in [0.1, 0.15) is 12.8 Å². The van der Waals surface area contributed by atoms with Crippen molar-refractivity contribution in [3.05, 3.63) is 30.3 Å². The summed E-state index contributed by atoms with van der Waals surface area (Å²) in [5.74, 6) is 0. The average Bonchev–Trinajstić information content (AvgIpc) is 2.17. The second kappa shape index (κ2) is 4.53. The maximum atomic E-state index is 11.5. The molecule has 0 saturated heterocycles. The van der Waals surface area contributed by atoms with Crippen molar-refractivity contribution in [1.82, 2.24) is 5.32 Å². The highest BCUT2D eigenvalue weighted by atomic mass is 35.5. The predicted molar refractivity (Wildman–Crippen MR) is 61.3 cm³/mol. The third-order valence-corrected chi connectivity index (χ3v) is 2.80. The molecule has 1 aromatic rings. The number of rotatable bonds is 2. The summed E-state index contributed by atoms with van der Waals surface area (Å²) in [5.41, 5.74) is 0.803. The highest BCUT2D eigenvalue weighted by Crippen LogP contribution is 2.25. The van der Waals surface area contributed by atoms with E-state index in [1.54, 1.807) is 0 Å². The molecular formula is C11H13ClN2O. The lowest BCUT2D eigenvalue weighted by Gasteiger charge is -2.31. The Morgan fingerprint density at radius 1 is 1.27 bits per heavy atom. The molecule has 0 aromatic heterocycles. The van der Waals surface area contributed by atoms with Crippen LogP contribution in [0.3, 0.4) is 0 Å². The smallest absolute Gasteiger partial charge is 0.319 e. The summed E-state index contributed by atoms with van der Waals surface area (Å²) >= 11 is 5.82. The van der Waals surface area contributed by atoms with E-state index in [-0.39, 0.29) is 17.5 Å². The molecule has 2 N–H and O–H groups in total. The summed E-state index contributed by atoms with van der Waals surface area (Å²) in [6.45, 7) is 0. The molecule has 0 atom stereocenters. The summed E-state index contributed by atoms with van der Waals surface area (Å²) in [7, 11) is 0. The van der Waals surface area contributed by atoms with Gasteiger partial charge < -0.3 is 10.6 Å². The third kappa shape index (κ3) is 2.86. The van der Waals surface area contributed by atoms with Gasteiger partial charge in [0.25, 0.3) is 0 Å². The van der Waals surface area contributed by atoms with E-state index >= 15 is 0 Å². The topological polar surface area (TPSA) is 41.1 Å². The monoisotopic (exact) mass is 224 g/mol. The van der Waals surface area contributed by atoms with Crippen LogP contribution in [-0.4, -0.2) is 17.5 Å². The quantitative estimate of drug-likeness (QED) is 0.745. The van der Waals surface area contributed by atoms with Crippen molar-refractivity contribution in [2.24, 2.45) is 0 Å². The predicted octanol–water partition coefficient (Wildman–Crippen LogP) is 2.58. The van der Waals surface area contributed by atoms with Gasteiger partial charge in [0.05, 0.1) is 0 Å². The van der Waals surface area contributed by atoms with Gasteiger partial charge in [0.2, 0.25) is 0 Å². The zero-order valence-corrected chi connectivity index (χ0v) is 9.00. The molecule has 0 unspecified atom stereocenters. The van der Waals surface area contributed by atoms with Crippen LogP contribution in [0.4, 0.5) is 10.5 Å². The standard InChI is InChI=1S/C11H13ClN2O/c12-8-6-10(7-8)14-11(15)13-9-4-2-1-3-5-9/h1-5,8,10H,6-7H2,(H2,13,14,15). The number of alkyl halides is 1. The molecule has 80 valence electrons. The molecule has 1 saturated carbocycles. The summed E-state index contributed by atoms with van der Waals surface area (Å²) in [6, 6.07) is 9.45. The van der Waals surface area contributed by atoms with Crippen molar-refractivity contribution >= 4 is 23.3 Å². The Morgan fingerprint density at radius 2 is 1.93 bits per heavy atom. The third-order valence-electron chi connectivity index (χ3n) is 2.45. The van der Waals surface area contributed by atoms with E-state index in [1.165, 1.54) is 0 Å². The maximum Gasteiger partial charge on any atom is 0.319 e. The van der Waals surface area contributed by atoms with Gasteiger partial charge in [-0.15, -0.1) is 11.6 Å². The average molecular weight is 225 g/mol. The van der Waals surface area contributed by atoms with Gasteiger partial charge in [0.15, 0.2) is 0 Å². The van der Waals surface area contributed by atoms with Crippen LogP contribution in [0.5, 0.6) is 0 Å². The number of hydrogen-bond donors (Lipinski definition) is 2. The summed E-state index contributed by atoms with van der Waals surface area (Å²) in [5, 5.41) is 5.85. The van der Waals surface area contributed by atoms with Crippen LogP contribution in [0.15, 0.2) is 30.3 Å². The van der Waals surface area contributed by atoms with E-state index in [9.17, 15) is 4.79 Å². The van der Waals surface area contributed by atoms with E-state index in [4.69, 9.17) is 11.6 Å². The highest BCUT2D eigenvalue weighted by Gasteiger charge is 2.28. The highest BCUT2D eigenvalue weighted by molar-refractivity contribution is 6.21. The van der Waals surface area contributed by atoms with Crippen molar-refractivity contribution in [2.45, 2.75) is 24.3 Å². The van der Waals surface area contributed by atoms with Crippen LogP contribution < -0.4 is 10.6 Å². The van der Waals surface area contributed by atoms with Crippen molar-refractivity contribution < 1.29 is 4.79 Å². The molecule has 1 aromatic carbocycles. The van der Waals surface area contributed by atoms with E-state index in [0.717, 1.165) is 18.5 Å². The zero-order valence-electron chi connectivity index (χ0n) is 8.24. The molecule has 2 rings (SSSR count). The fourth-order valence-electron chi connectivity index (χ4n) is 1.54. The molecule has 0 aliphatic heterocycles. The minimum atomic E-state index is -0.158. The maximum absolute atomic E-state index is 11.5. The molecule has 3 nitrogen and oxygen atoms in total. The fraction of sp³-hybridized carbons (Fsp3) is 0.364. The first-order chi connectivity index (χ1) is 7.24. The van der Waals surface area contributed by atoms with Gasteiger partial charge in [-0.2, -0.15) is 0 Å². The largest absolute Gasteiger partial charge is 0.335 e. The number of halogens is 1. The molecule has 4 heteroatoms. The van der Waals surface area contributed by atoms with Crippen molar-refractivity contribution in [3.8, 4) is 0 Å². The molecule has 1 fully saturated rings. The van der Waals surface area contributed by atoms with Gasteiger partial charge in [-0.05, 0) is 25.0 Å². The molecule has 0 bridgehead atoms. The fourth-order valence-corrected chi connectivity index (χ4v) is 1.97. The molecule has 1 aliphatic rings. The lowest BCUT2D eigenvalue weighted by atomic mass is 9.93. The molecule has 1 aliphatic carbocycles. The number of amides is 2. The van der Waals surface area contributed by atoms with E-state index in [1.807, 2.05) is 30.3 Å². The number of urea groups is 1. The number of carbonyl (C=O) groups excluding carboxylic acids is 1. The van der Waals surface area contributed by atoms with Crippen molar-refractivity contribution in [3.63, 3.8) is 0 Å². The van der Waals surface area contributed by atoms with Crippen LogP contribution in [-0.2, 0) is 0 Å². The van der Waals surface area contributed by atoms with Crippen molar-refractivity contribution in [1.29, 1.82) is 0 Å². The Balaban J connectivity index is 1.78. The number of benzene rings is 1. The molecule has 0 radical (unpaired) electrons. The van der Waals surface area contributed by atoms with Crippen LogP contribution in [0, 0.1) is 0 Å². The number of para-hydroxylation sites is 1. The first kappa shape index (κ1) is 10.3. The number of anilines is 1. The van der Waals surface area contributed by atoms with E-state index < -0.39 is 0 Å². The first-order valence-electron chi connectivity index (χ1n) is 5.00. The molecule has 15 heavy (non-hydrogen) atoms. The lowest BCUT2D eigenvalue weighted by molar-refractivity contribution is 0.240. The second-order valence-corrected chi connectivity index (χ2v) is 4.35. The number of carbonyl (C=O) groups is 1. The second-order valence-electron chi connectivity index (χ2n) is 3.73. The SMILES string of the molecule is O=C(Nc1ccccc1)NC1CC(Cl)C1. The van der Waals surface area contributed by atoms with Gasteiger partial charge in [-0.3, -0.25) is 0 Å². The number of nitrogens with one attached hydrogen (secondary N) is 2. The van der Waals surface area contributed by atoms with Gasteiger partial charge >= 0.3 is 6.03 Å². The van der Waals surface area contributed by atoms with E-state index in [2.05, 4.69) is 10.6 Å². The summed E-state index contributed by atoms with van der Waals surface area (Å²) in [6.07, 6.45) is 1.73. The molecule has 0 spiro atoms. The zero-order chi connectivity index (χ0) is 10.7.